The Hall–Kier alpha value is -3.56. The molecule has 2 heterocycles. The summed E-state index contributed by atoms with van der Waals surface area (Å²) in [4.78, 5) is 27.7. The molecule has 3 rings (SSSR count). The van der Waals surface area contributed by atoms with Crippen LogP contribution in [0.4, 0.5) is 0 Å². The Morgan fingerprint density at radius 3 is 2.85 bits per heavy atom. The number of ether oxygens (including phenoxy) is 1. The first-order valence-corrected chi connectivity index (χ1v) is 8.31. The summed E-state index contributed by atoms with van der Waals surface area (Å²) in [7, 11) is 0. The zero-order chi connectivity index (χ0) is 19.2. The van der Waals surface area contributed by atoms with E-state index < -0.39 is 0 Å². The lowest BCUT2D eigenvalue weighted by Crippen LogP contribution is -2.35. The Balaban J connectivity index is 1.49. The van der Waals surface area contributed by atoms with Gasteiger partial charge in [0, 0.05) is 30.5 Å². The van der Waals surface area contributed by atoms with Crippen molar-refractivity contribution < 1.29 is 9.53 Å². The molecule has 0 saturated heterocycles. The quantitative estimate of drug-likeness (QED) is 0.624. The highest BCUT2D eigenvalue weighted by Gasteiger charge is 2.06. The monoisotopic (exact) mass is 369 g/mol. The van der Waals surface area contributed by atoms with Crippen LogP contribution >= 0.6 is 0 Å². The van der Waals surface area contributed by atoms with E-state index in [9.17, 15) is 9.59 Å². The largest absolute Gasteiger partial charge is 0.484 e. The molecule has 10 nitrogen and oxygen atoms in total. The number of tetrazole rings is 1. The number of aromatic nitrogens is 6. The van der Waals surface area contributed by atoms with Crippen LogP contribution in [0.15, 0.2) is 41.5 Å². The number of hydrogen-bond donors (Lipinski definition) is 1. The number of nitrogens with zero attached hydrogens (tertiary/aromatic N) is 6. The highest BCUT2D eigenvalue weighted by molar-refractivity contribution is 5.77. The van der Waals surface area contributed by atoms with Gasteiger partial charge in [-0.25, -0.2) is 9.48 Å². The predicted octanol–water partition coefficient (Wildman–Crippen LogP) is 0.0310. The molecular weight excluding hydrogens is 350 g/mol. The van der Waals surface area contributed by atoms with Gasteiger partial charge in [-0.15, -0.1) is 5.10 Å². The molecule has 0 fully saturated rings. The maximum atomic E-state index is 12.0. The lowest BCUT2D eigenvalue weighted by molar-refractivity contribution is -0.123. The highest BCUT2D eigenvalue weighted by atomic mass is 16.5. The average molecular weight is 369 g/mol. The van der Waals surface area contributed by atoms with Gasteiger partial charge in [-0.1, -0.05) is 6.07 Å². The van der Waals surface area contributed by atoms with Gasteiger partial charge < -0.3 is 10.1 Å². The van der Waals surface area contributed by atoms with E-state index in [2.05, 4.69) is 25.8 Å². The summed E-state index contributed by atoms with van der Waals surface area (Å²) < 4.78 is 8.50. The number of amides is 1. The van der Waals surface area contributed by atoms with E-state index in [1.54, 1.807) is 25.1 Å². The minimum atomic E-state index is -0.322. The van der Waals surface area contributed by atoms with Crippen LogP contribution in [0.2, 0.25) is 0 Å². The SMILES string of the molecule is Cc1cc(C)n(CCNC(=O)COc2cccc(-n3cnnn3)c2)c(=O)n1. The molecule has 1 amide bonds. The van der Waals surface area contributed by atoms with E-state index in [-0.39, 0.29) is 18.2 Å². The molecule has 0 aliphatic carbocycles. The first-order valence-electron chi connectivity index (χ1n) is 8.31. The summed E-state index contributed by atoms with van der Waals surface area (Å²) in [6.07, 6.45) is 1.47. The molecule has 0 aliphatic heterocycles. The molecule has 1 N–H and O–H groups in total. The molecule has 3 aromatic rings. The highest BCUT2D eigenvalue weighted by Crippen LogP contribution is 2.15. The van der Waals surface area contributed by atoms with Gasteiger partial charge in [0.25, 0.3) is 5.91 Å². The van der Waals surface area contributed by atoms with Crippen molar-refractivity contribution in [3.8, 4) is 11.4 Å². The number of hydrogen-bond acceptors (Lipinski definition) is 7. The second-order valence-electron chi connectivity index (χ2n) is 5.86. The molecule has 0 atom stereocenters. The Morgan fingerprint density at radius 1 is 1.26 bits per heavy atom. The summed E-state index contributed by atoms with van der Waals surface area (Å²) >= 11 is 0. The van der Waals surface area contributed by atoms with Crippen molar-refractivity contribution in [2.45, 2.75) is 20.4 Å². The molecular formula is C17H19N7O3. The number of carbonyl (C=O) groups excluding carboxylic acids is 1. The summed E-state index contributed by atoms with van der Waals surface area (Å²) in [5.74, 6) is 0.238. The zero-order valence-electron chi connectivity index (χ0n) is 15.0. The molecule has 1 aromatic carbocycles. The Morgan fingerprint density at radius 2 is 2.11 bits per heavy atom. The van der Waals surface area contributed by atoms with E-state index in [1.165, 1.54) is 15.6 Å². The molecule has 2 aromatic heterocycles. The first-order chi connectivity index (χ1) is 13.0. The van der Waals surface area contributed by atoms with Crippen LogP contribution in [-0.4, -0.2) is 48.8 Å². The van der Waals surface area contributed by atoms with Gasteiger partial charge in [0.05, 0.1) is 5.69 Å². The minimum Gasteiger partial charge on any atom is -0.484 e. The smallest absolute Gasteiger partial charge is 0.348 e. The second kappa shape index (κ2) is 8.21. The van der Waals surface area contributed by atoms with E-state index in [0.29, 0.717) is 24.5 Å². The van der Waals surface area contributed by atoms with E-state index in [1.807, 2.05) is 19.1 Å². The third-order valence-electron chi connectivity index (χ3n) is 3.81. The van der Waals surface area contributed by atoms with E-state index in [4.69, 9.17) is 4.74 Å². The standard InChI is InChI=1S/C17H19N7O3/c1-12-8-13(2)23(17(26)20-12)7-6-18-16(25)10-27-15-5-3-4-14(9-15)24-11-19-21-22-24/h3-5,8-9,11H,6-7,10H2,1-2H3,(H,18,25). The van der Waals surface area contributed by atoms with Crippen LogP contribution in [0.1, 0.15) is 11.4 Å². The van der Waals surface area contributed by atoms with Crippen molar-refractivity contribution in [2.24, 2.45) is 0 Å². The van der Waals surface area contributed by atoms with Gasteiger partial charge in [-0.3, -0.25) is 9.36 Å². The maximum Gasteiger partial charge on any atom is 0.348 e. The van der Waals surface area contributed by atoms with Gasteiger partial charge in [0.1, 0.15) is 12.1 Å². The number of rotatable bonds is 7. The van der Waals surface area contributed by atoms with Crippen molar-refractivity contribution in [3.63, 3.8) is 0 Å². The fourth-order valence-electron chi connectivity index (χ4n) is 2.55. The Labute approximate surface area is 154 Å². The second-order valence-corrected chi connectivity index (χ2v) is 5.86. The maximum absolute atomic E-state index is 12.0. The Bertz CT molecular complexity index is 982. The fourth-order valence-corrected chi connectivity index (χ4v) is 2.55. The van der Waals surface area contributed by atoms with Crippen LogP contribution in [0.25, 0.3) is 5.69 Å². The van der Waals surface area contributed by atoms with Crippen LogP contribution in [0.3, 0.4) is 0 Å². The number of nitrogens with one attached hydrogen (secondary N) is 1. The fraction of sp³-hybridized carbons (Fsp3) is 0.294. The third-order valence-corrected chi connectivity index (χ3v) is 3.81. The van der Waals surface area contributed by atoms with Crippen molar-refractivity contribution in [2.75, 3.05) is 13.2 Å². The molecule has 0 radical (unpaired) electrons. The molecule has 27 heavy (non-hydrogen) atoms. The van der Waals surface area contributed by atoms with Crippen molar-refractivity contribution in [1.29, 1.82) is 0 Å². The van der Waals surface area contributed by atoms with Crippen LogP contribution < -0.4 is 15.7 Å². The topological polar surface area (TPSA) is 117 Å². The number of carbonyl (C=O) groups is 1. The summed E-state index contributed by atoms with van der Waals surface area (Å²) in [6.45, 7) is 4.11. The minimum absolute atomic E-state index is 0.140. The Kier molecular flexibility index (Phi) is 5.55. The molecule has 0 unspecified atom stereocenters. The number of benzene rings is 1. The molecule has 0 bridgehead atoms. The normalized spacial score (nSPS) is 10.6. The van der Waals surface area contributed by atoms with Crippen molar-refractivity contribution in [3.05, 3.63) is 58.5 Å². The number of aryl methyl sites for hydroxylation is 2. The average Bonchev–Trinajstić information content (AvgIpc) is 3.17. The molecule has 10 heteroatoms. The predicted molar refractivity (Wildman–Crippen MR) is 95.6 cm³/mol. The van der Waals surface area contributed by atoms with E-state index in [0.717, 1.165) is 11.4 Å². The summed E-state index contributed by atoms with van der Waals surface area (Å²) in [6, 6.07) is 8.89. The lowest BCUT2D eigenvalue weighted by Gasteiger charge is -2.11. The van der Waals surface area contributed by atoms with Gasteiger partial charge in [-0.2, -0.15) is 4.98 Å². The van der Waals surface area contributed by atoms with Crippen molar-refractivity contribution in [1.82, 2.24) is 35.1 Å². The summed E-state index contributed by atoms with van der Waals surface area (Å²) in [5.41, 5.74) is 1.88. The van der Waals surface area contributed by atoms with Gasteiger partial charge in [-0.05, 0) is 42.5 Å². The van der Waals surface area contributed by atoms with Crippen molar-refractivity contribution >= 4 is 5.91 Å². The van der Waals surface area contributed by atoms with Crippen LogP contribution in [0.5, 0.6) is 5.75 Å². The van der Waals surface area contributed by atoms with Gasteiger partial charge >= 0.3 is 5.69 Å². The third kappa shape index (κ3) is 4.75. The molecule has 0 aliphatic rings. The van der Waals surface area contributed by atoms with E-state index >= 15 is 0 Å². The molecule has 140 valence electrons. The molecule has 0 spiro atoms. The first kappa shape index (κ1) is 18.2. The molecule has 0 saturated carbocycles. The van der Waals surface area contributed by atoms with Crippen LogP contribution in [-0.2, 0) is 11.3 Å². The lowest BCUT2D eigenvalue weighted by atomic mass is 10.3. The van der Waals surface area contributed by atoms with Crippen LogP contribution in [0, 0.1) is 13.8 Å². The van der Waals surface area contributed by atoms with Gasteiger partial charge in [0.2, 0.25) is 0 Å². The zero-order valence-corrected chi connectivity index (χ0v) is 15.0. The summed E-state index contributed by atoms with van der Waals surface area (Å²) in [5, 5.41) is 13.7. The van der Waals surface area contributed by atoms with Gasteiger partial charge in [0.15, 0.2) is 6.61 Å².